The maximum absolute atomic E-state index is 13.1. The molecule has 27 heavy (non-hydrogen) atoms. The Balaban J connectivity index is 2.01. The Bertz CT molecular complexity index is 1050. The molecule has 5 nitrogen and oxygen atoms in total. The molecule has 3 aromatic rings. The summed E-state index contributed by atoms with van der Waals surface area (Å²) >= 11 is 8.75. The third-order valence-corrected chi connectivity index (χ3v) is 6.46. The van der Waals surface area contributed by atoms with Crippen LogP contribution in [0.15, 0.2) is 39.6 Å². The van der Waals surface area contributed by atoms with Crippen molar-refractivity contribution >= 4 is 50.8 Å². The first kappa shape index (κ1) is 19.9. The first-order chi connectivity index (χ1) is 12.9. The van der Waals surface area contributed by atoms with Crippen LogP contribution in [0.1, 0.15) is 25.8 Å². The van der Waals surface area contributed by atoms with Gasteiger partial charge in [-0.3, -0.25) is 14.2 Å². The molecule has 0 aliphatic carbocycles. The summed E-state index contributed by atoms with van der Waals surface area (Å²) in [6, 6.07) is 7.35. The van der Waals surface area contributed by atoms with E-state index in [1.807, 2.05) is 38.3 Å². The van der Waals surface area contributed by atoms with E-state index in [9.17, 15) is 9.59 Å². The highest BCUT2D eigenvalue weighted by atomic mass is 35.5. The Morgan fingerprint density at radius 3 is 2.89 bits per heavy atom. The lowest BCUT2D eigenvalue weighted by molar-refractivity contribution is -0.119. The molecule has 0 bridgehead atoms. The average Bonchev–Trinajstić information content (AvgIpc) is 3.11. The standard InChI is InChI=1S/C19H20ClN3O2S2/c1-4-12(3)21-16(24)10-27-19-22-15-7-8-26-17(15)18(25)23(19)13-5-6-14(20)11(2)9-13/h5-9,12H,4,10H2,1-3H3,(H,21,24)/t12-/m1/s1. The molecule has 3 rings (SSSR count). The third kappa shape index (κ3) is 4.36. The van der Waals surface area contributed by atoms with Crippen LogP contribution in [0.5, 0.6) is 0 Å². The van der Waals surface area contributed by atoms with Gasteiger partial charge in [0.1, 0.15) is 4.70 Å². The number of rotatable bonds is 6. The fourth-order valence-corrected chi connectivity index (χ4v) is 4.23. The quantitative estimate of drug-likeness (QED) is 0.472. The van der Waals surface area contributed by atoms with Gasteiger partial charge in [-0.25, -0.2) is 4.98 Å². The highest BCUT2D eigenvalue weighted by Gasteiger charge is 2.16. The van der Waals surface area contributed by atoms with E-state index in [1.165, 1.54) is 23.1 Å². The fraction of sp³-hybridized carbons (Fsp3) is 0.316. The minimum Gasteiger partial charge on any atom is -0.353 e. The van der Waals surface area contributed by atoms with E-state index in [2.05, 4.69) is 10.3 Å². The Morgan fingerprint density at radius 1 is 1.41 bits per heavy atom. The predicted octanol–water partition coefficient (Wildman–Crippen LogP) is 4.42. The van der Waals surface area contributed by atoms with Crippen LogP contribution in [0.2, 0.25) is 5.02 Å². The van der Waals surface area contributed by atoms with Crippen molar-refractivity contribution in [3.05, 3.63) is 50.6 Å². The molecule has 1 aromatic carbocycles. The molecule has 0 saturated carbocycles. The summed E-state index contributed by atoms with van der Waals surface area (Å²) in [5, 5.41) is 5.91. The Kier molecular flexibility index (Phi) is 6.24. The van der Waals surface area contributed by atoms with Crippen LogP contribution < -0.4 is 10.9 Å². The molecule has 0 fully saturated rings. The van der Waals surface area contributed by atoms with Crippen LogP contribution in [0.3, 0.4) is 0 Å². The van der Waals surface area contributed by atoms with Crippen molar-refractivity contribution in [3.63, 3.8) is 0 Å². The number of nitrogens with one attached hydrogen (secondary N) is 1. The van der Waals surface area contributed by atoms with Crippen molar-refractivity contribution in [1.82, 2.24) is 14.9 Å². The highest BCUT2D eigenvalue weighted by Crippen LogP contribution is 2.25. The number of fused-ring (bicyclic) bond motifs is 1. The number of aromatic nitrogens is 2. The summed E-state index contributed by atoms with van der Waals surface area (Å²) < 4.78 is 2.15. The first-order valence-corrected chi connectivity index (χ1v) is 10.8. The van der Waals surface area contributed by atoms with E-state index in [0.29, 0.717) is 26.1 Å². The number of hydrogen-bond donors (Lipinski definition) is 1. The summed E-state index contributed by atoms with van der Waals surface area (Å²) in [7, 11) is 0. The van der Waals surface area contributed by atoms with Crippen LogP contribution in [0.4, 0.5) is 0 Å². The lowest BCUT2D eigenvalue weighted by Gasteiger charge is -2.14. The van der Waals surface area contributed by atoms with Gasteiger partial charge in [-0.05, 0) is 55.5 Å². The molecule has 1 amide bonds. The van der Waals surface area contributed by atoms with Gasteiger partial charge in [0.05, 0.1) is 17.0 Å². The largest absolute Gasteiger partial charge is 0.353 e. The summed E-state index contributed by atoms with van der Waals surface area (Å²) in [6.07, 6.45) is 0.865. The van der Waals surface area contributed by atoms with E-state index in [1.54, 1.807) is 16.7 Å². The van der Waals surface area contributed by atoms with Crippen molar-refractivity contribution in [1.29, 1.82) is 0 Å². The third-order valence-electron chi connectivity index (χ3n) is 4.20. The van der Waals surface area contributed by atoms with E-state index in [4.69, 9.17) is 11.6 Å². The monoisotopic (exact) mass is 421 g/mol. The van der Waals surface area contributed by atoms with Crippen molar-refractivity contribution in [2.75, 3.05) is 5.75 Å². The van der Waals surface area contributed by atoms with Gasteiger partial charge in [-0.15, -0.1) is 11.3 Å². The number of halogens is 1. The first-order valence-electron chi connectivity index (χ1n) is 8.59. The summed E-state index contributed by atoms with van der Waals surface area (Å²) in [4.78, 5) is 29.8. The molecule has 2 heterocycles. The zero-order valence-corrected chi connectivity index (χ0v) is 17.7. The van der Waals surface area contributed by atoms with Gasteiger partial charge in [-0.2, -0.15) is 0 Å². The minimum absolute atomic E-state index is 0.0761. The molecule has 0 radical (unpaired) electrons. The number of thiophene rings is 1. The summed E-state index contributed by atoms with van der Waals surface area (Å²) in [5.41, 5.74) is 2.07. The number of nitrogens with zero attached hydrogens (tertiary/aromatic N) is 2. The molecule has 0 aliphatic heterocycles. The van der Waals surface area contributed by atoms with Crippen LogP contribution in [0, 0.1) is 6.92 Å². The van der Waals surface area contributed by atoms with Gasteiger partial charge in [-0.1, -0.05) is 30.3 Å². The molecule has 1 atom stereocenters. The maximum atomic E-state index is 13.1. The van der Waals surface area contributed by atoms with Crippen molar-refractivity contribution in [3.8, 4) is 5.69 Å². The number of thioether (sulfide) groups is 1. The number of hydrogen-bond acceptors (Lipinski definition) is 5. The topological polar surface area (TPSA) is 64.0 Å². The Labute approximate surface area is 170 Å². The van der Waals surface area contributed by atoms with E-state index in [0.717, 1.165) is 12.0 Å². The van der Waals surface area contributed by atoms with E-state index in [-0.39, 0.29) is 23.3 Å². The van der Waals surface area contributed by atoms with Gasteiger partial charge in [0.15, 0.2) is 5.16 Å². The van der Waals surface area contributed by atoms with Gasteiger partial charge in [0, 0.05) is 11.1 Å². The van der Waals surface area contributed by atoms with Crippen molar-refractivity contribution < 1.29 is 4.79 Å². The number of carbonyl (C=O) groups is 1. The van der Waals surface area contributed by atoms with E-state index >= 15 is 0 Å². The molecule has 142 valence electrons. The molecule has 8 heteroatoms. The molecule has 1 N–H and O–H groups in total. The second-order valence-corrected chi connectivity index (χ2v) is 8.53. The predicted molar refractivity (Wildman–Crippen MR) is 114 cm³/mol. The maximum Gasteiger partial charge on any atom is 0.276 e. The smallest absolute Gasteiger partial charge is 0.276 e. The molecule has 0 aliphatic rings. The molecule has 0 unspecified atom stereocenters. The van der Waals surface area contributed by atoms with Gasteiger partial charge < -0.3 is 5.32 Å². The lowest BCUT2D eigenvalue weighted by atomic mass is 10.2. The van der Waals surface area contributed by atoms with Crippen molar-refractivity contribution in [2.24, 2.45) is 0 Å². The molecule has 0 spiro atoms. The fourth-order valence-electron chi connectivity index (χ4n) is 2.53. The summed E-state index contributed by atoms with van der Waals surface area (Å²) in [6.45, 7) is 5.87. The van der Waals surface area contributed by atoms with Crippen LogP contribution >= 0.6 is 34.7 Å². The number of aryl methyl sites for hydroxylation is 1. The van der Waals surface area contributed by atoms with Gasteiger partial charge in [0.2, 0.25) is 5.91 Å². The van der Waals surface area contributed by atoms with Gasteiger partial charge >= 0.3 is 0 Å². The van der Waals surface area contributed by atoms with Gasteiger partial charge in [0.25, 0.3) is 5.56 Å². The number of amides is 1. The minimum atomic E-state index is -0.137. The SMILES string of the molecule is CC[C@@H](C)NC(=O)CSc1nc2ccsc2c(=O)n1-c1ccc(Cl)c(C)c1. The molecule has 2 aromatic heterocycles. The average molecular weight is 422 g/mol. The van der Waals surface area contributed by atoms with Crippen LogP contribution in [-0.2, 0) is 4.79 Å². The summed E-state index contributed by atoms with van der Waals surface area (Å²) in [5.74, 6) is 0.117. The van der Waals surface area contributed by atoms with Crippen LogP contribution in [-0.4, -0.2) is 27.3 Å². The zero-order chi connectivity index (χ0) is 19.6. The number of benzene rings is 1. The van der Waals surface area contributed by atoms with Crippen molar-refractivity contribution in [2.45, 2.75) is 38.4 Å². The second kappa shape index (κ2) is 8.46. The number of carbonyl (C=O) groups excluding carboxylic acids is 1. The van der Waals surface area contributed by atoms with Crippen LogP contribution in [0.25, 0.3) is 15.9 Å². The zero-order valence-electron chi connectivity index (χ0n) is 15.3. The molecular weight excluding hydrogens is 402 g/mol. The highest BCUT2D eigenvalue weighted by molar-refractivity contribution is 7.99. The lowest BCUT2D eigenvalue weighted by Crippen LogP contribution is -2.33. The Hall–Kier alpha value is -1.83. The molecule has 0 saturated heterocycles. The second-order valence-electron chi connectivity index (χ2n) is 6.27. The molecular formula is C19H20ClN3O2S2. The Morgan fingerprint density at radius 2 is 2.19 bits per heavy atom. The normalized spacial score (nSPS) is 12.3. The van der Waals surface area contributed by atoms with E-state index < -0.39 is 0 Å².